The van der Waals surface area contributed by atoms with E-state index in [1.165, 1.54) is 0 Å². The summed E-state index contributed by atoms with van der Waals surface area (Å²) in [6.07, 6.45) is 9.15. The number of likely N-dealkylation sites (tertiary alicyclic amines) is 1. The predicted octanol–water partition coefficient (Wildman–Crippen LogP) is 1.23. The molecule has 0 N–H and O–H groups in total. The van der Waals surface area contributed by atoms with Gasteiger partial charge in [0.15, 0.2) is 5.65 Å². The number of pyridine rings is 1. The van der Waals surface area contributed by atoms with Gasteiger partial charge in [0.25, 0.3) is 5.91 Å². The van der Waals surface area contributed by atoms with Crippen LogP contribution in [-0.4, -0.2) is 47.8 Å². The van der Waals surface area contributed by atoms with E-state index in [2.05, 4.69) is 15.3 Å². The van der Waals surface area contributed by atoms with E-state index < -0.39 is 0 Å². The second-order valence-electron chi connectivity index (χ2n) is 5.54. The lowest BCUT2D eigenvalue weighted by Crippen LogP contribution is -2.38. The molecular formula is C15H16N6O. The number of nitrogens with zero attached hydrogens (tertiary/aromatic N) is 6. The minimum atomic E-state index is 0.0604. The number of amides is 1. The second-order valence-corrected chi connectivity index (χ2v) is 5.54. The highest BCUT2D eigenvalue weighted by molar-refractivity contribution is 5.94. The van der Waals surface area contributed by atoms with Crippen molar-refractivity contribution < 1.29 is 4.79 Å². The van der Waals surface area contributed by atoms with Gasteiger partial charge in [0, 0.05) is 25.1 Å². The van der Waals surface area contributed by atoms with Gasteiger partial charge in [-0.25, -0.2) is 0 Å². The van der Waals surface area contributed by atoms with Crippen molar-refractivity contribution in [3.8, 4) is 0 Å². The quantitative estimate of drug-likeness (QED) is 0.729. The molecule has 1 unspecified atom stereocenters. The average Bonchev–Trinajstić information content (AvgIpc) is 3.27. The fourth-order valence-electron chi connectivity index (χ4n) is 3.04. The summed E-state index contributed by atoms with van der Waals surface area (Å²) in [6.45, 7) is 1.54. The first-order valence-electron chi connectivity index (χ1n) is 7.39. The molecule has 0 radical (unpaired) electrons. The Balaban J connectivity index is 1.57. The van der Waals surface area contributed by atoms with Gasteiger partial charge in [0.2, 0.25) is 0 Å². The SMILES string of the molecule is O=C(c1ccc2nncn2c1)N1CCCC1Cn1cccn1. The molecule has 1 amide bonds. The lowest BCUT2D eigenvalue weighted by atomic mass is 10.2. The third kappa shape index (κ3) is 2.24. The molecule has 0 bridgehead atoms. The fourth-order valence-corrected chi connectivity index (χ4v) is 3.04. The van der Waals surface area contributed by atoms with Crippen LogP contribution < -0.4 is 0 Å². The van der Waals surface area contributed by atoms with E-state index in [1.807, 2.05) is 34.0 Å². The minimum Gasteiger partial charge on any atom is -0.334 e. The van der Waals surface area contributed by atoms with E-state index in [-0.39, 0.29) is 11.9 Å². The maximum absolute atomic E-state index is 12.8. The van der Waals surface area contributed by atoms with Crippen LogP contribution in [0.5, 0.6) is 0 Å². The molecule has 0 saturated carbocycles. The van der Waals surface area contributed by atoms with Crippen LogP contribution in [0.2, 0.25) is 0 Å². The first-order chi connectivity index (χ1) is 10.8. The predicted molar refractivity (Wildman–Crippen MR) is 79.3 cm³/mol. The van der Waals surface area contributed by atoms with E-state index in [9.17, 15) is 4.79 Å². The van der Waals surface area contributed by atoms with Crippen LogP contribution in [0.15, 0.2) is 43.1 Å². The first-order valence-corrected chi connectivity index (χ1v) is 7.39. The Labute approximate surface area is 127 Å². The number of carbonyl (C=O) groups excluding carboxylic acids is 1. The van der Waals surface area contributed by atoms with Crippen molar-refractivity contribution >= 4 is 11.6 Å². The molecule has 7 nitrogen and oxygen atoms in total. The van der Waals surface area contributed by atoms with Gasteiger partial charge < -0.3 is 4.90 Å². The van der Waals surface area contributed by atoms with Gasteiger partial charge in [-0.15, -0.1) is 10.2 Å². The Bertz CT molecular complexity index is 793. The fraction of sp³-hybridized carbons (Fsp3) is 0.333. The number of rotatable bonds is 3. The van der Waals surface area contributed by atoms with Crippen LogP contribution >= 0.6 is 0 Å². The van der Waals surface area contributed by atoms with Crippen molar-refractivity contribution in [1.82, 2.24) is 29.3 Å². The van der Waals surface area contributed by atoms with Crippen molar-refractivity contribution in [2.24, 2.45) is 0 Å². The van der Waals surface area contributed by atoms with Crippen molar-refractivity contribution in [2.75, 3.05) is 6.54 Å². The Morgan fingerprint density at radius 2 is 2.32 bits per heavy atom. The third-order valence-corrected chi connectivity index (χ3v) is 4.13. The minimum absolute atomic E-state index is 0.0604. The molecule has 112 valence electrons. The first kappa shape index (κ1) is 13.0. The summed E-state index contributed by atoms with van der Waals surface area (Å²) in [5.74, 6) is 0.0604. The number of carbonyl (C=O) groups is 1. The summed E-state index contributed by atoms with van der Waals surface area (Å²) in [5.41, 5.74) is 1.41. The molecule has 0 aliphatic carbocycles. The Morgan fingerprint density at radius 1 is 1.36 bits per heavy atom. The van der Waals surface area contributed by atoms with Crippen LogP contribution in [0, 0.1) is 0 Å². The van der Waals surface area contributed by atoms with Crippen LogP contribution in [0.25, 0.3) is 5.65 Å². The summed E-state index contributed by atoms with van der Waals surface area (Å²) >= 11 is 0. The molecular weight excluding hydrogens is 280 g/mol. The Kier molecular flexibility index (Phi) is 3.10. The average molecular weight is 296 g/mol. The molecule has 1 aliphatic heterocycles. The van der Waals surface area contributed by atoms with Crippen LogP contribution in [-0.2, 0) is 6.54 Å². The Morgan fingerprint density at radius 3 is 3.18 bits per heavy atom. The molecule has 1 saturated heterocycles. The summed E-state index contributed by atoms with van der Waals surface area (Å²) in [7, 11) is 0. The number of hydrogen-bond acceptors (Lipinski definition) is 4. The largest absolute Gasteiger partial charge is 0.334 e. The molecule has 1 atom stereocenters. The summed E-state index contributed by atoms with van der Waals surface area (Å²) in [4.78, 5) is 14.7. The molecule has 0 aromatic carbocycles. The van der Waals surface area contributed by atoms with Gasteiger partial charge in [-0.3, -0.25) is 13.9 Å². The summed E-state index contributed by atoms with van der Waals surface area (Å²) in [6, 6.07) is 5.74. The number of aromatic nitrogens is 5. The highest BCUT2D eigenvalue weighted by Gasteiger charge is 2.29. The van der Waals surface area contributed by atoms with Crippen LogP contribution in [0.1, 0.15) is 23.2 Å². The van der Waals surface area contributed by atoms with Crippen molar-refractivity contribution in [1.29, 1.82) is 0 Å². The van der Waals surface area contributed by atoms with E-state index in [4.69, 9.17) is 0 Å². The molecule has 3 aromatic heterocycles. The lowest BCUT2D eigenvalue weighted by molar-refractivity contribution is 0.0721. The van der Waals surface area contributed by atoms with Gasteiger partial charge in [-0.05, 0) is 31.0 Å². The van der Waals surface area contributed by atoms with Gasteiger partial charge in [0.1, 0.15) is 6.33 Å². The zero-order chi connectivity index (χ0) is 14.9. The standard InChI is InChI=1S/C15H16N6O/c22-15(12-4-5-14-18-16-11-19(14)9-12)21-8-1-3-13(21)10-20-7-2-6-17-20/h2,4-7,9,11,13H,1,3,8,10H2. The van der Waals surface area contributed by atoms with Gasteiger partial charge >= 0.3 is 0 Å². The lowest BCUT2D eigenvalue weighted by Gasteiger charge is -2.24. The topological polar surface area (TPSA) is 68.3 Å². The Hall–Kier alpha value is -2.70. The van der Waals surface area contributed by atoms with E-state index in [1.54, 1.807) is 23.1 Å². The third-order valence-electron chi connectivity index (χ3n) is 4.13. The molecule has 1 aliphatic rings. The maximum atomic E-state index is 12.8. The molecule has 7 heteroatoms. The van der Waals surface area contributed by atoms with Gasteiger partial charge in [-0.2, -0.15) is 5.10 Å². The van der Waals surface area contributed by atoms with Crippen molar-refractivity contribution in [3.63, 3.8) is 0 Å². The molecule has 4 rings (SSSR count). The zero-order valence-corrected chi connectivity index (χ0v) is 12.0. The van der Waals surface area contributed by atoms with E-state index in [0.717, 1.165) is 31.6 Å². The zero-order valence-electron chi connectivity index (χ0n) is 12.0. The highest BCUT2D eigenvalue weighted by atomic mass is 16.2. The van der Waals surface area contributed by atoms with Gasteiger partial charge in [-0.1, -0.05) is 0 Å². The van der Waals surface area contributed by atoms with Crippen LogP contribution in [0.3, 0.4) is 0 Å². The maximum Gasteiger partial charge on any atom is 0.255 e. The van der Waals surface area contributed by atoms with Crippen molar-refractivity contribution in [2.45, 2.75) is 25.4 Å². The number of fused-ring (bicyclic) bond motifs is 1. The normalized spacial score (nSPS) is 18.2. The van der Waals surface area contributed by atoms with Crippen molar-refractivity contribution in [3.05, 3.63) is 48.7 Å². The molecule has 4 heterocycles. The van der Waals surface area contributed by atoms with Crippen LogP contribution in [0.4, 0.5) is 0 Å². The monoisotopic (exact) mass is 296 g/mol. The molecule has 0 spiro atoms. The second kappa shape index (κ2) is 5.25. The molecule has 1 fully saturated rings. The molecule has 3 aromatic rings. The summed E-state index contributed by atoms with van der Waals surface area (Å²) in [5, 5.41) is 12.0. The van der Waals surface area contributed by atoms with E-state index >= 15 is 0 Å². The molecule has 22 heavy (non-hydrogen) atoms. The number of hydrogen-bond donors (Lipinski definition) is 0. The van der Waals surface area contributed by atoms with E-state index in [0.29, 0.717) is 5.56 Å². The summed E-state index contributed by atoms with van der Waals surface area (Å²) < 4.78 is 3.66. The highest BCUT2D eigenvalue weighted by Crippen LogP contribution is 2.21. The van der Waals surface area contributed by atoms with Gasteiger partial charge in [0.05, 0.1) is 18.2 Å². The smallest absolute Gasteiger partial charge is 0.255 e.